The molecule has 0 radical (unpaired) electrons. The fourth-order valence-corrected chi connectivity index (χ4v) is 8.64. The van der Waals surface area contributed by atoms with E-state index in [0.717, 1.165) is 17.4 Å². The van der Waals surface area contributed by atoms with Crippen LogP contribution < -0.4 is 0 Å². The number of allylic oxidation sites excluding steroid dienone is 3. The number of aliphatic hydroxyl groups excluding tert-OH is 1. The van der Waals surface area contributed by atoms with Gasteiger partial charge >= 0.3 is 0 Å². The van der Waals surface area contributed by atoms with Crippen LogP contribution in [0, 0.1) is 28.6 Å². The standard InChI is InChI=1S/C35H49NO3/c1-23(10-8-18-34(2,3)4)30-16-17-31-25(11-9-19-35(30,31)5)15-14-24-20-26(22-27(37)21-24)36-32(38)28-12-6-7-13-29(28)33(36)39/h6-7,12-15,23,26-27,30-31,37H,8-11,16-22H2,1-5H3/b24-14+,25-15+/t23-,26-,27-,30-,31+,35-/m1/s1. The van der Waals surface area contributed by atoms with Crippen molar-refractivity contribution in [2.45, 2.75) is 117 Å². The zero-order chi connectivity index (χ0) is 27.9. The predicted octanol–water partition coefficient (Wildman–Crippen LogP) is 8.12. The summed E-state index contributed by atoms with van der Waals surface area (Å²) in [5.41, 5.74) is 4.51. The lowest BCUT2D eigenvalue weighted by Crippen LogP contribution is -2.44. The summed E-state index contributed by atoms with van der Waals surface area (Å²) in [5, 5.41) is 10.7. The first-order valence-corrected chi connectivity index (χ1v) is 15.5. The van der Waals surface area contributed by atoms with Crippen molar-refractivity contribution in [3.05, 3.63) is 58.7 Å². The van der Waals surface area contributed by atoms with Crippen LogP contribution in [0.1, 0.15) is 126 Å². The average molecular weight is 532 g/mol. The van der Waals surface area contributed by atoms with E-state index in [-0.39, 0.29) is 17.9 Å². The van der Waals surface area contributed by atoms with Gasteiger partial charge in [0.05, 0.1) is 17.2 Å². The molecular weight excluding hydrogens is 482 g/mol. The number of benzene rings is 1. The van der Waals surface area contributed by atoms with Crippen LogP contribution in [0.2, 0.25) is 0 Å². The van der Waals surface area contributed by atoms with Crippen LogP contribution in [0.3, 0.4) is 0 Å². The fourth-order valence-electron chi connectivity index (χ4n) is 8.64. The summed E-state index contributed by atoms with van der Waals surface area (Å²) in [7, 11) is 0. The molecule has 4 heteroatoms. The summed E-state index contributed by atoms with van der Waals surface area (Å²) in [4.78, 5) is 27.6. The van der Waals surface area contributed by atoms with Gasteiger partial charge in [0, 0.05) is 6.04 Å². The first-order chi connectivity index (χ1) is 18.5. The number of nitrogens with zero attached hydrogens (tertiary/aromatic N) is 1. The topological polar surface area (TPSA) is 57.6 Å². The van der Waals surface area contributed by atoms with Crippen molar-refractivity contribution >= 4 is 11.8 Å². The molecule has 1 aliphatic heterocycles. The minimum absolute atomic E-state index is 0.218. The van der Waals surface area contributed by atoms with Crippen molar-refractivity contribution in [2.24, 2.45) is 28.6 Å². The number of amides is 2. The first-order valence-electron chi connectivity index (χ1n) is 15.5. The van der Waals surface area contributed by atoms with Crippen LogP contribution in [0.25, 0.3) is 0 Å². The monoisotopic (exact) mass is 531 g/mol. The highest BCUT2D eigenvalue weighted by Gasteiger charge is 2.50. The molecule has 0 bridgehead atoms. The van der Waals surface area contributed by atoms with E-state index >= 15 is 0 Å². The van der Waals surface area contributed by atoms with Gasteiger partial charge in [-0.2, -0.15) is 0 Å². The number of carbonyl (C=O) groups excluding carboxylic acids is 2. The van der Waals surface area contributed by atoms with Gasteiger partial charge < -0.3 is 5.11 Å². The Kier molecular flexibility index (Phi) is 7.99. The van der Waals surface area contributed by atoms with Crippen molar-refractivity contribution in [2.75, 3.05) is 0 Å². The maximum Gasteiger partial charge on any atom is 0.261 e. The molecule has 1 aromatic carbocycles. The van der Waals surface area contributed by atoms with Crippen LogP contribution in [-0.4, -0.2) is 34.0 Å². The molecule has 2 amide bonds. The Morgan fingerprint density at radius 2 is 1.77 bits per heavy atom. The van der Waals surface area contributed by atoms with Crippen LogP contribution in [0.15, 0.2) is 47.6 Å². The highest BCUT2D eigenvalue weighted by atomic mass is 16.3. The Morgan fingerprint density at radius 3 is 2.44 bits per heavy atom. The average Bonchev–Trinajstić information content (AvgIpc) is 3.35. The molecule has 1 aromatic rings. The SMILES string of the molecule is C[C@H](CCCC(C)(C)C)[C@H]1CC[C@H]2/C(=C/C=C3/C[C@@H](O)C[C@H](N4C(=O)c5ccccc5C4=O)C3)CCC[C@]12C. The lowest BCUT2D eigenvalue weighted by atomic mass is 9.60. The van der Waals surface area contributed by atoms with Gasteiger partial charge in [0.25, 0.3) is 11.8 Å². The Bertz CT molecular complexity index is 1120. The molecule has 1 heterocycles. The quantitative estimate of drug-likeness (QED) is 0.377. The Balaban J connectivity index is 1.28. The number of hydrogen-bond donors (Lipinski definition) is 1. The van der Waals surface area contributed by atoms with E-state index in [1.165, 1.54) is 56.3 Å². The molecule has 1 N–H and O–H groups in total. The second-order valence-electron chi connectivity index (χ2n) is 14.6. The van der Waals surface area contributed by atoms with Crippen molar-refractivity contribution < 1.29 is 14.7 Å². The van der Waals surface area contributed by atoms with E-state index in [1.54, 1.807) is 29.8 Å². The first kappa shape index (κ1) is 28.3. The number of hydrogen-bond acceptors (Lipinski definition) is 3. The lowest BCUT2D eigenvalue weighted by Gasteiger charge is -2.44. The normalized spacial score (nSPS) is 34.1. The molecule has 0 aromatic heterocycles. The van der Waals surface area contributed by atoms with Crippen LogP contribution >= 0.6 is 0 Å². The molecule has 0 unspecified atom stereocenters. The third-order valence-corrected chi connectivity index (χ3v) is 10.6. The molecule has 4 aliphatic rings. The minimum atomic E-state index is -0.529. The van der Waals surface area contributed by atoms with Gasteiger partial charge in [-0.25, -0.2) is 0 Å². The largest absolute Gasteiger partial charge is 0.393 e. The summed E-state index contributed by atoms with van der Waals surface area (Å²) >= 11 is 0. The second-order valence-corrected chi connectivity index (χ2v) is 14.6. The maximum absolute atomic E-state index is 13.1. The van der Waals surface area contributed by atoms with Gasteiger partial charge in [-0.05, 0) is 98.5 Å². The number of aliphatic hydroxyl groups is 1. The third-order valence-electron chi connectivity index (χ3n) is 10.6. The molecule has 0 spiro atoms. The summed E-state index contributed by atoms with van der Waals surface area (Å²) in [6.45, 7) is 12.1. The Hall–Kier alpha value is -2.20. The summed E-state index contributed by atoms with van der Waals surface area (Å²) in [5.74, 6) is 1.79. The van der Waals surface area contributed by atoms with E-state index < -0.39 is 6.10 Å². The van der Waals surface area contributed by atoms with Gasteiger partial charge in [0.2, 0.25) is 0 Å². The number of fused-ring (bicyclic) bond motifs is 2. The lowest BCUT2D eigenvalue weighted by molar-refractivity contribution is 0.0473. The zero-order valence-electron chi connectivity index (χ0n) is 24.8. The molecule has 5 rings (SSSR count). The Labute approximate surface area is 235 Å². The van der Waals surface area contributed by atoms with Crippen molar-refractivity contribution in [3.63, 3.8) is 0 Å². The van der Waals surface area contributed by atoms with Gasteiger partial charge in [0.1, 0.15) is 0 Å². The summed E-state index contributed by atoms with van der Waals surface area (Å²) < 4.78 is 0. The maximum atomic E-state index is 13.1. The number of carbonyl (C=O) groups is 2. The molecule has 212 valence electrons. The highest BCUT2D eigenvalue weighted by Crippen LogP contribution is 2.60. The molecule has 3 saturated carbocycles. The van der Waals surface area contributed by atoms with Crippen molar-refractivity contribution in [3.8, 4) is 0 Å². The van der Waals surface area contributed by atoms with Gasteiger partial charge in [-0.1, -0.05) is 82.9 Å². The molecule has 3 aliphatic carbocycles. The molecule has 3 fully saturated rings. The van der Waals surface area contributed by atoms with E-state index in [2.05, 4.69) is 46.8 Å². The fraction of sp³-hybridized carbons (Fsp3) is 0.657. The second kappa shape index (κ2) is 11.0. The van der Waals surface area contributed by atoms with E-state index in [9.17, 15) is 14.7 Å². The molecule has 0 saturated heterocycles. The minimum Gasteiger partial charge on any atom is -0.393 e. The molecule has 4 nitrogen and oxygen atoms in total. The number of rotatable bonds is 6. The molecular formula is C35H49NO3. The van der Waals surface area contributed by atoms with Gasteiger partial charge in [-0.3, -0.25) is 14.5 Å². The smallest absolute Gasteiger partial charge is 0.261 e. The van der Waals surface area contributed by atoms with Gasteiger partial charge in [0.15, 0.2) is 0 Å². The van der Waals surface area contributed by atoms with Crippen molar-refractivity contribution in [1.82, 2.24) is 4.90 Å². The van der Waals surface area contributed by atoms with Crippen LogP contribution in [-0.2, 0) is 0 Å². The highest BCUT2D eigenvalue weighted by molar-refractivity contribution is 6.21. The van der Waals surface area contributed by atoms with Crippen LogP contribution in [0.5, 0.6) is 0 Å². The summed E-state index contributed by atoms with van der Waals surface area (Å²) in [6.07, 6.45) is 16.2. The molecule has 6 atom stereocenters. The predicted molar refractivity (Wildman–Crippen MR) is 157 cm³/mol. The van der Waals surface area contributed by atoms with Crippen molar-refractivity contribution in [1.29, 1.82) is 0 Å². The third kappa shape index (κ3) is 5.69. The Morgan fingerprint density at radius 1 is 1.08 bits per heavy atom. The summed E-state index contributed by atoms with van der Waals surface area (Å²) in [6, 6.07) is 6.79. The van der Waals surface area contributed by atoms with E-state index in [1.807, 2.05) is 0 Å². The zero-order valence-corrected chi connectivity index (χ0v) is 24.8. The van der Waals surface area contributed by atoms with Crippen LogP contribution in [0.4, 0.5) is 0 Å². The van der Waals surface area contributed by atoms with E-state index in [4.69, 9.17) is 0 Å². The molecule has 39 heavy (non-hydrogen) atoms. The number of imide groups is 1. The van der Waals surface area contributed by atoms with E-state index in [0.29, 0.717) is 47.1 Å². The van der Waals surface area contributed by atoms with Gasteiger partial charge in [-0.15, -0.1) is 0 Å².